The molecule has 186 valence electrons. The van der Waals surface area contributed by atoms with Crippen LogP contribution < -0.4 is 15.4 Å². The SMILES string of the molecule is COc1nc(N)ncc1-c1cc2c(n1C(C)C)C(c1ccc(C#N)cc1)N(c1cccc(Cl)c1F)C2=O. The molecule has 0 spiro atoms. The lowest BCUT2D eigenvalue weighted by molar-refractivity contribution is 0.0992. The fourth-order valence-corrected chi connectivity index (χ4v) is 4.98. The van der Waals surface area contributed by atoms with E-state index in [0.717, 1.165) is 0 Å². The van der Waals surface area contributed by atoms with Crippen molar-refractivity contribution in [2.75, 3.05) is 17.7 Å². The summed E-state index contributed by atoms with van der Waals surface area (Å²) in [4.78, 5) is 23.7. The van der Waals surface area contributed by atoms with Crippen LogP contribution in [0, 0.1) is 17.1 Å². The molecule has 37 heavy (non-hydrogen) atoms. The summed E-state index contributed by atoms with van der Waals surface area (Å²) in [5.74, 6) is -0.747. The Labute approximate surface area is 217 Å². The van der Waals surface area contributed by atoms with Gasteiger partial charge in [0.2, 0.25) is 11.8 Å². The van der Waals surface area contributed by atoms with E-state index >= 15 is 4.39 Å². The molecule has 2 N–H and O–H groups in total. The molecular formula is C27H22ClFN6O2. The average Bonchev–Trinajstić information content (AvgIpc) is 3.41. The summed E-state index contributed by atoms with van der Waals surface area (Å²) in [7, 11) is 1.48. The second-order valence-electron chi connectivity index (χ2n) is 8.83. The minimum absolute atomic E-state index is 0.0601. The first-order valence-electron chi connectivity index (χ1n) is 11.5. The molecule has 2 aromatic heterocycles. The lowest BCUT2D eigenvalue weighted by Gasteiger charge is -2.29. The fourth-order valence-electron chi connectivity index (χ4n) is 4.81. The number of amides is 1. The highest BCUT2D eigenvalue weighted by molar-refractivity contribution is 6.31. The number of ether oxygens (including phenoxy) is 1. The monoisotopic (exact) mass is 516 g/mol. The first-order valence-corrected chi connectivity index (χ1v) is 11.8. The van der Waals surface area contributed by atoms with Crippen molar-refractivity contribution in [1.82, 2.24) is 14.5 Å². The predicted molar refractivity (Wildman–Crippen MR) is 138 cm³/mol. The topological polar surface area (TPSA) is 110 Å². The predicted octanol–water partition coefficient (Wildman–Crippen LogP) is 5.53. The third-order valence-corrected chi connectivity index (χ3v) is 6.64. The molecule has 8 nitrogen and oxygen atoms in total. The maximum atomic E-state index is 15.3. The number of nitrogen functional groups attached to an aromatic ring is 1. The Kier molecular flexibility index (Phi) is 6.05. The minimum atomic E-state index is -0.694. The number of benzene rings is 2. The lowest BCUT2D eigenvalue weighted by Crippen LogP contribution is -2.30. The highest BCUT2D eigenvalue weighted by Crippen LogP contribution is 2.47. The van der Waals surface area contributed by atoms with Crippen LogP contribution in [0.5, 0.6) is 5.88 Å². The lowest BCUT2D eigenvalue weighted by atomic mass is 10.0. The molecule has 0 saturated heterocycles. The molecule has 0 radical (unpaired) electrons. The van der Waals surface area contributed by atoms with Gasteiger partial charge in [0.25, 0.3) is 5.91 Å². The van der Waals surface area contributed by atoms with Gasteiger partial charge in [0.15, 0.2) is 5.82 Å². The van der Waals surface area contributed by atoms with Crippen LogP contribution in [0.3, 0.4) is 0 Å². The molecule has 1 aliphatic heterocycles. The smallest absolute Gasteiger partial charge is 0.261 e. The van der Waals surface area contributed by atoms with Crippen LogP contribution in [-0.4, -0.2) is 27.6 Å². The molecule has 0 saturated carbocycles. The molecule has 2 aromatic carbocycles. The van der Waals surface area contributed by atoms with E-state index in [4.69, 9.17) is 22.1 Å². The van der Waals surface area contributed by atoms with Gasteiger partial charge in [0.05, 0.1) is 52.0 Å². The van der Waals surface area contributed by atoms with Crippen molar-refractivity contribution in [3.8, 4) is 23.2 Å². The minimum Gasteiger partial charge on any atom is -0.480 e. The van der Waals surface area contributed by atoms with Gasteiger partial charge in [-0.05, 0) is 49.7 Å². The van der Waals surface area contributed by atoms with Crippen molar-refractivity contribution >= 4 is 29.1 Å². The van der Waals surface area contributed by atoms with E-state index in [2.05, 4.69) is 16.0 Å². The van der Waals surface area contributed by atoms with Crippen LogP contribution in [0.15, 0.2) is 54.7 Å². The Hall–Kier alpha value is -4.42. The highest BCUT2D eigenvalue weighted by atomic mass is 35.5. The van der Waals surface area contributed by atoms with Gasteiger partial charge in [-0.1, -0.05) is 29.8 Å². The molecular weight excluding hydrogens is 495 g/mol. The molecule has 1 aliphatic rings. The number of rotatable bonds is 5. The van der Waals surface area contributed by atoms with Gasteiger partial charge in [-0.3, -0.25) is 9.69 Å². The Balaban J connectivity index is 1.80. The van der Waals surface area contributed by atoms with Crippen molar-refractivity contribution in [2.24, 2.45) is 0 Å². The van der Waals surface area contributed by atoms with Crippen LogP contribution in [0.1, 0.15) is 53.1 Å². The molecule has 0 aliphatic carbocycles. The van der Waals surface area contributed by atoms with E-state index in [1.807, 2.05) is 18.4 Å². The maximum absolute atomic E-state index is 15.3. The average molecular weight is 517 g/mol. The number of nitriles is 1. The number of halogens is 2. The summed E-state index contributed by atoms with van der Waals surface area (Å²) < 4.78 is 22.7. The van der Waals surface area contributed by atoms with Crippen molar-refractivity contribution in [2.45, 2.75) is 25.9 Å². The number of nitrogens with zero attached hydrogens (tertiary/aromatic N) is 5. The van der Waals surface area contributed by atoms with Crippen molar-refractivity contribution in [3.63, 3.8) is 0 Å². The molecule has 10 heteroatoms. The number of methoxy groups -OCH3 is 1. The number of aromatic nitrogens is 3. The molecule has 3 heterocycles. The summed E-state index contributed by atoms with van der Waals surface area (Å²) >= 11 is 6.10. The second kappa shape index (κ2) is 9.22. The van der Waals surface area contributed by atoms with E-state index in [9.17, 15) is 10.1 Å². The van der Waals surface area contributed by atoms with Crippen molar-refractivity contribution in [1.29, 1.82) is 5.26 Å². The Morgan fingerprint density at radius 3 is 2.57 bits per heavy atom. The van der Waals surface area contributed by atoms with Gasteiger partial charge >= 0.3 is 0 Å². The van der Waals surface area contributed by atoms with Gasteiger partial charge in [0.1, 0.15) is 6.04 Å². The summed E-state index contributed by atoms with van der Waals surface area (Å²) in [6.07, 6.45) is 1.56. The van der Waals surface area contributed by atoms with Gasteiger partial charge in [0, 0.05) is 12.2 Å². The third-order valence-electron chi connectivity index (χ3n) is 6.35. The van der Waals surface area contributed by atoms with Crippen LogP contribution in [0.4, 0.5) is 16.0 Å². The normalized spacial score (nSPS) is 14.7. The summed E-state index contributed by atoms with van der Waals surface area (Å²) in [6.45, 7) is 3.97. The Morgan fingerprint density at radius 1 is 1.19 bits per heavy atom. The number of carbonyl (C=O) groups excluding carboxylic acids is 1. The zero-order valence-corrected chi connectivity index (χ0v) is 21.0. The Morgan fingerprint density at radius 2 is 1.92 bits per heavy atom. The summed E-state index contributed by atoms with van der Waals surface area (Å²) in [5, 5.41) is 9.20. The maximum Gasteiger partial charge on any atom is 0.261 e. The zero-order chi connectivity index (χ0) is 26.4. The van der Waals surface area contributed by atoms with E-state index in [1.54, 1.807) is 42.6 Å². The quantitative estimate of drug-likeness (QED) is 0.373. The van der Waals surface area contributed by atoms with E-state index in [0.29, 0.717) is 33.6 Å². The van der Waals surface area contributed by atoms with Crippen LogP contribution in [0.25, 0.3) is 11.3 Å². The van der Waals surface area contributed by atoms with Gasteiger partial charge in [-0.2, -0.15) is 10.2 Å². The first-order chi connectivity index (χ1) is 17.8. The van der Waals surface area contributed by atoms with Gasteiger partial charge < -0.3 is 15.0 Å². The van der Waals surface area contributed by atoms with Crippen LogP contribution in [0.2, 0.25) is 5.02 Å². The molecule has 5 rings (SSSR count). The summed E-state index contributed by atoms with van der Waals surface area (Å²) in [6, 6.07) is 14.5. The molecule has 1 amide bonds. The van der Waals surface area contributed by atoms with Crippen molar-refractivity contribution in [3.05, 3.63) is 88.0 Å². The molecule has 1 unspecified atom stereocenters. The second-order valence-corrected chi connectivity index (χ2v) is 9.24. The van der Waals surface area contributed by atoms with Gasteiger partial charge in [-0.15, -0.1) is 0 Å². The fraction of sp³-hybridized carbons (Fsp3) is 0.185. The highest BCUT2D eigenvalue weighted by Gasteiger charge is 2.44. The number of fused-ring (bicyclic) bond motifs is 1. The number of carbonyl (C=O) groups is 1. The van der Waals surface area contributed by atoms with Gasteiger partial charge in [-0.25, -0.2) is 9.37 Å². The molecule has 1 atom stereocenters. The van der Waals surface area contributed by atoms with E-state index in [-0.39, 0.29) is 34.5 Å². The summed E-state index contributed by atoms with van der Waals surface area (Å²) in [5.41, 5.74) is 9.29. The first kappa shape index (κ1) is 24.3. The molecule has 4 aromatic rings. The third kappa shape index (κ3) is 3.86. The number of hydrogen-bond donors (Lipinski definition) is 1. The largest absolute Gasteiger partial charge is 0.480 e. The van der Waals surface area contributed by atoms with E-state index in [1.165, 1.54) is 24.1 Å². The van der Waals surface area contributed by atoms with Crippen LogP contribution >= 0.6 is 11.6 Å². The number of nitrogens with two attached hydrogens (primary N) is 1. The molecule has 0 fully saturated rings. The zero-order valence-electron chi connectivity index (χ0n) is 20.2. The van der Waals surface area contributed by atoms with Crippen molar-refractivity contribution < 1.29 is 13.9 Å². The number of hydrogen-bond acceptors (Lipinski definition) is 6. The molecule has 0 bridgehead atoms. The number of anilines is 2. The standard InChI is InChI=1S/C27H22ClFN6O2/c1-14(2)34-21(18-13-32-27(31)33-25(18)37-3)11-17-24(34)23(16-9-7-15(12-30)8-10-16)35(26(17)36)20-6-4-5-19(28)22(20)29/h4-11,13-14,23H,1-3H3,(H2,31,32,33). The Bertz CT molecular complexity index is 1580. The van der Waals surface area contributed by atoms with E-state index < -0.39 is 11.9 Å². The van der Waals surface area contributed by atoms with Crippen LogP contribution in [-0.2, 0) is 0 Å².